The van der Waals surface area contributed by atoms with Crippen LogP contribution < -0.4 is 5.32 Å². The first-order valence-electron chi connectivity index (χ1n) is 10.9. The number of carbonyl (C=O) groups is 3. The van der Waals surface area contributed by atoms with E-state index >= 15 is 0 Å². The maximum Gasteiger partial charge on any atom is 0.339 e. The molecular weight excluding hydrogens is 480 g/mol. The number of nitrogens with zero attached hydrogens (tertiary/aromatic N) is 1. The Morgan fingerprint density at radius 2 is 1.97 bits per heavy atom. The lowest BCUT2D eigenvalue weighted by Crippen LogP contribution is -2.64. The molecule has 3 heterocycles. The van der Waals surface area contributed by atoms with Gasteiger partial charge >= 0.3 is 5.97 Å². The molecule has 0 aromatic carbocycles. The molecule has 3 rings (SSSR count). The first-order chi connectivity index (χ1) is 15.8. The van der Waals surface area contributed by atoms with Crippen LogP contribution in [0.1, 0.15) is 56.8 Å². The highest BCUT2D eigenvalue weighted by Crippen LogP contribution is 2.54. The number of aromatic nitrogens is 1. The summed E-state index contributed by atoms with van der Waals surface area (Å²) in [5, 5.41) is 37.5. The van der Waals surface area contributed by atoms with Crippen LogP contribution in [0, 0.1) is 0 Å². The molecule has 1 fully saturated rings. The number of hydrogen-bond donors (Lipinski definition) is 4. The van der Waals surface area contributed by atoms with Gasteiger partial charge in [-0.1, -0.05) is 12.2 Å². The van der Waals surface area contributed by atoms with Crippen molar-refractivity contribution in [3.8, 4) is 0 Å². The molecular formula is C23H30N2O7S2. The maximum absolute atomic E-state index is 13.1. The van der Waals surface area contributed by atoms with E-state index in [1.54, 1.807) is 24.5 Å². The van der Waals surface area contributed by atoms with Crippen molar-refractivity contribution in [2.24, 2.45) is 0 Å². The summed E-state index contributed by atoms with van der Waals surface area (Å²) in [6.07, 6.45) is 4.11. The molecule has 0 spiro atoms. The molecule has 34 heavy (non-hydrogen) atoms. The molecule has 0 radical (unpaired) electrons. The van der Waals surface area contributed by atoms with E-state index in [1.807, 2.05) is 0 Å². The molecule has 0 aliphatic carbocycles. The van der Waals surface area contributed by atoms with Crippen LogP contribution in [-0.2, 0) is 19.1 Å². The molecule has 1 saturated heterocycles. The number of allylic oxidation sites excluding steroid dienone is 2. The number of fused-ring (bicyclic) bond motifs is 4. The molecule has 0 unspecified atom stereocenters. The van der Waals surface area contributed by atoms with E-state index in [0.717, 1.165) is 18.9 Å². The van der Waals surface area contributed by atoms with Gasteiger partial charge in [-0.2, -0.15) is 0 Å². The smallest absolute Gasteiger partial charge is 0.339 e. The van der Waals surface area contributed by atoms with Gasteiger partial charge in [0.2, 0.25) is 5.91 Å². The minimum absolute atomic E-state index is 0.0322. The average molecular weight is 511 g/mol. The lowest BCUT2D eigenvalue weighted by Gasteiger charge is -2.52. The number of aliphatic hydroxyl groups is 3. The topological polar surface area (TPSA) is 146 Å². The van der Waals surface area contributed by atoms with Gasteiger partial charge in [-0.3, -0.25) is 9.59 Å². The van der Waals surface area contributed by atoms with Gasteiger partial charge in [-0.05, 0) is 45.8 Å². The highest BCUT2D eigenvalue weighted by Gasteiger charge is 2.61. The third-order valence-corrected chi connectivity index (χ3v) is 9.68. The van der Waals surface area contributed by atoms with Crippen LogP contribution in [0.5, 0.6) is 0 Å². The zero-order valence-electron chi connectivity index (χ0n) is 19.5. The second-order valence-corrected chi connectivity index (χ2v) is 11.5. The number of ether oxygens (including phenoxy) is 1. The molecule has 1 aromatic heterocycles. The summed E-state index contributed by atoms with van der Waals surface area (Å²) in [5.74, 6) is -2.06. The summed E-state index contributed by atoms with van der Waals surface area (Å²) in [6, 6.07) is -0.428. The Balaban J connectivity index is 2.10. The zero-order valence-corrected chi connectivity index (χ0v) is 21.1. The molecule has 1 aromatic rings. The summed E-state index contributed by atoms with van der Waals surface area (Å²) in [7, 11) is 1.13. The zero-order chi connectivity index (χ0) is 25.3. The monoisotopic (exact) mass is 510 g/mol. The molecule has 2 aliphatic heterocycles. The predicted octanol–water partition coefficient (Wildman–Crippen LogP) is 1.53. The fourth-order valence-electron chi connectivity index (χ4n) is 4.22. The Kier molecular flexibility index (Phi) is 7.73. The van der Waals surface area contributed by atoms with Gasteiger partial charge in [-0.15, -0.1) is 23.1 Å². The van der Waals surface area contributed by atoms with Crippen LogP contribution in [0.2, 0.25) is 0 Å². The van der Waals surface area contributed by atoms with Crippen molar-refractivity contribution in [2.45, 2.75) is 73.4 Å². The molecule has 186 valence electrons. The van der Waals surface area contributed by atoms with Crippen molar-refractivity contribution in [1.29, 1.82) is 0 Å². The fraction of sp³-hybridized carbons (Fsp3) is 0.565. The molecule has 4 N–H and O–H groups in total. The quantitative estimate of drug-likeness (QED) is 0.435. The summed E-state index contributed by atoms with van der Waals surface area (Å²) < 4.78 is 3.34. The lowest BCUT2D eigenvalue weighted by atomic mass is 9.77. The second-order valence-electron chi connectivity index (χ2n) is 9.10. The maximum atomic E-state index is 13.1. The highest BCUT2D eigenvalue weighted by molar-refractivity contribution is 8.01. The summed E-state index contributed by atoms with van der Waals surface area (Å²) in [4.78, 5) is 43.0. The molecule has 11 heteroatoms. The third-order valence-electron chi connectivity index (χ3n) is 6.42. The second kappa shape index (κ2) is 9.90. The first-order valence-corrected chi connectivity index (χ1v) is 12.6. The Labute approximate surface area is 206 Å². The number of hydrogen-bond acceptors (Lipinski definition) is 10. The van der Waals surface area contributed by atoms with E-state index in [-0.39, 0.29) is 19.3 Å². The molecule has 1 amide bonds. The number of carbonyl (C=O) groups excluding carboxylic acids is 3. The van der Waals surface area contributed by atoms with Gasteiger partial charge in [-0.25, -0.2) is 9.78 Å². The number of rotatable bonds is 2. The summed E-state index contributed by atoms with van der Waals surface area (Å²) in [6.45, 7) is 4.52. The highest BCUT2D eigenvalue weighted by atomic mass is 32.2. The number of ketones is 1. The van der Waals surface area contributed by atoms with Crippen molar-refractivity contribution in [2.75, 3.05) is 7.11 Å². The lowest BCUT2D eigenvalue weighted by molar-refractivity contribution is -0.166. The van der Waals surface area contributed by atoms with Crippen LogP contribution in [0.25, 0.3) is 6.08 Å². The number of thiazole rings is 1. The normalized spacial score (nSPS) is 36.1. The van der Waals surface area contributed by atoms with Gasteiger partial charge < -0.3 is 25.4 Å². The van der Waals surface area contributed by atoms with Crippen molar-refractivity contribution in [3.05, 3.63) is 34.3 Å². The minimum Gasteiger partial charge on any atom is -0.467 e. The minimum atomic E-state index is -2.15. The van der Waals surface area contributed by atoms with Crippen LogP contribution in [-0.4, -0.2) is 72.4 Å². The van der Waals surface area contributed by atoms with Crippen LogP contribution in [0.15, 0.2) is 23.6 Å². The SMILES string of the molecule is COC(=O)[C@](C)(O)[C@]12CC[C@@](C)(O)[C@@H](S1)[C@@H](O)C(=O)/C=C/C=C\c1csc(n1)[C@@H](C)NC(=O)C2. The Morgan fingerprint density at radius 1 is 1.29 bits per heavy atom. The van der Waals surface area contributed by atoms with Gasteiger partial charge in [0.15, 0.2) is 11.4 Å². The molecule has 2 aliphatic rings. The number of thioether (sulfide) groups is 1. The van der Waals surface area contributed by atoms with Crippen LogP contribution in [0.3, 0.4) is 0 Å². The van der Waals surface area contributed by atoms with E-state index in [9.17, 15) is 29.7 Å². The number of aliphatic hydroxyl groups excluding tert-OH is 1. The number of amides is 1. The molecule has 9 nitrogen and oxygen atoms in total. The Bertz CT molecular complexity index is 1020. The summed E-state index contributed by atoms with van der Waals surface area (Å²) in [5.41, 5.74) is -3.00. The van der Waals surface area contributed by atoms with E-state index in [0.29, 0.717) is 10.7 Å². The molecule has 4 bridgehead atoms. The van der Waals surface area contributed by atoms with Crippen molar-refractivity contribution in [3.63, 3.8) is 0 Å². The van der Waals surface area contributed by atoms with Gasteiger partial charge in [0.25, 0.3) is 0 Å². The Morgan fingerprint density at radius 3 is 2.65 bits per heavy atom. The number of nitrogens with one attached hydrogen (secondary N) is 1. The van der Waals surface area contributed by atoms with Gasteiger partial charge in [0, 0.05) is 11.8 Å². The van der Waals surface area contributed by atoms with Crippen molar-refractivity contribution in [1.82, 2.24) is 10.3 Å². The number of methoxy groups -OCH3 is 1. The predicted molar refractivity (Wildman–Crippen MR) is 129 cm³/mol. The summed E-state index contributed by atoms with van der Waals surface area (Å²) >= 11 is 2.24. The molecule has 6 atom stereocenters. The Hall–Kier alpha value is -2.05. The first kappa shape index (κ1) is 26.6. The van der Waals surface area contributed by atoms with E-state index < -0.39 is 51.0 Å². The van der Waals surface area contributed by atoms with E-state index in [2.05, 4.69) is 10.3 Å². The van der Waals surface area contributed by atoms with E-state index in [1.165, 1.54) is 37.3 Å². The van der Waals surface area contributed by atoms with Gasteiger partial charge in [0.1, 0.15) is 11.1 Å². The van der Waals surface area contributed by atoms with Crippen LogP contribution in [0.4, 0.5) is 0 Å². The van der Waals surface area contributed by atoms with Crippen LogP contribution >= 0.6 is 23.1 Å². The van der Waals surface area contributed by atoms with Crippen molar-refractivity contribution >= 4 is 46.8 Å². The largest absolute Gasteiger partial charge is 0.467 e. The number of esters is 1. The third kappa shape index (κ3) is 5.13. The standard InChI is InChI=1S/C23H30N2O7S2/c1-13-19-25-14(12-33-19)7-5-6-8-15(26)17(28)18-21(2,30)9-10-23(34-18,11-16(27)24-13)22(3,31)20(29)32-4/h5-8,12-13,17-18,28,30-31H,9-11H2,1-4H3,(H,24,27)/b7-5-,8-6+/t13-,17+,18+,21-,22+,23-/m1/s1. The molecule has 0 saturated carbocycles. The van der Waals surface area contributed by atoms with E-state index in [4.69, 9.17) is 4.74 Å². The van der Waals surface area contributed by atoms with Gasteiger partial charge in [0.05, 0.1) is 34.4 Å². The average Bonchev–Trinajstić information content (AvgIpc) is 3.25. The fourth-order valence-corrected chi connectivity index (χ4v) is 6.88. The van der Waals surface area contributed by atoms with Crippen molar-refractivity contribution < 1.29 is 34.4 Å².